The second kappa shape index (κ2) is 3.83. The minimum absolute atomic E-state index is 0.00845. The number of fused-ring (bicyclic) bond motifs is 2. The number of esters is 1. The standard InChI is InChI=1S/C11H17NO3/c1-6(13)12-10-5-8-3-4-9(10)11(8)15-7(2)14/h8-11H,3-5H2,1-2H3,(H,12,13)/t8-,9+,10-,11-/m1/s1. The van der Waals surface area contributed by atoms with Crippen LogP contribution in [-0.4, -0.2) is 24.0 Å². The van der Waals surface area contributed by atoms with E-state index in [1.165, 1.54) is 13.8 Å². The van der Waals surface area contributed by atoms with E-state index in [-0.39, 0.29) is 24.0 Å². The zero-order valence-electron chi connectivity index (χ0n) is 9.16. The molecule has 84 valence electrons. The van der Waals surface area contributed by atoms with E-state index in [2.05, 4.69) is 5.32 Å². The summed E-state index contributed by atoms with van der Waals surface area (Å²) in [5, 5.41) is 2.95. The summed E-state index contributed by atoms with van der Waals surface area (Å²) in [4.78, 5) is 21.9. The van der Waals surface area contributed by atoms with E-state index in [4.69, 9.17) is 4.74 Å². The normalized spacial score (nSPS) is 37.7. The molecule has 0 saturated heterocycles. The maximum atomic E-state index is 11.0. The first-order valence-corrected chi connectivity index (χ1v) is 5.52. The number of carbonyl (C=O) groups excluding carboxylic acids is 2. The molecule has 2 saturated carbocycles. The summed E-state index contributed by atoms with van der Waals surface area (Å²) in [6, 6.07) is 0.214. The Morgan fingerprint density at radius 3 is 2.60 bits per heavy atom. The third kappa shape index (κ3) is 1.98. The SMILES string of the molecule is CC(=O)N[C@@H]1C[C@H]2CC[C@@H]1[C@@H]2OC(C)=O. The fraction of sp³-hybridized carbons (Fsp3) is 0.818. The second-order valence-electron chi connectivity index (χ2n) is 4.62. The Morgan fingerprint density at radius 1 is 1.27 bits per heavy atom. The van der Waals surface area contributed by atoms with Crippen molar-refractivity contribution in [1.82, 2.24) is 5.32 Å². The highest BCUT2D eigenvalue weighted by atomic mass is 16.5. The molecule has 4 heteroatoms. The zero-order chi connectivity index (χ0) is 11.0. The zero-order valence-corrected chi connectivity index (χ0v) is 9.16. The lowest BCUT2D eigenvalue weighted by molar-refractivity contribution is -0.148. The van der Waals surface area contributed by atoms with Gasteiger partial charge in [0.25, 0.3) is 0 Å². The Labute approximate surface area is 89.4 Å². The molecule has 2 aliphatic carbocycles. The van der Waals surface area contributed by atoms with Gasteiger partial charge < -0.3 is 10.1 Å². The molecule has 4 atom stereocenters. The lowest BCUT2D eigenvalue weighted by Gasteiger charge is -2.22. The molecule has 1 amide bonds. The molecule has 15 heavy (non-hydrogen) atoms. The number of hydrogen-bond donors (Lipinski definition) is 1. The predicted molar refractivity (Wildman–Crippen MR) is 54.0 cm³/mol. The highest BCUT2D eigenvalue weighted by Gasteiger charge is 2.50. The fourth-order valence-corrected chi connectivity index (χ4v) is 3.07. The molecule has 4 nitrogen and oxygen atoms in total. The van der Waals surface area contributed by atoms with E-state index < -0.39 is 0 Å². The average Bonchev–Trinajstić information content (AvgIpc) is 2.60. The molecule has 0 unspecified atom stereocenters. The van der Waals surface area contributed by atoms with Crippen LogP contribution in [0.5, 0.6) is 0 Å². The first-order chi connectivity index (χ1) is 7.08. The lowest BCUT2D eigenvalue weighted by atomic mass is 9.95. The van der Waals surface area contributed by atoms with Crippen LogP contribution in [0.15, 0.2) is 0 Å². The maximum Gasteiger partial charge on any atom is 0.302 e. The van der Waals surface area contributed by atoms with Gasteiger partial charge in [-0.1, -0.05) is 0 Å². The van der Waals surface area contributed by atoms with Crippen LogP contribution < -0.4 is 5.32 Å². The predicted octanol–water partition coefficient (Wildman–Crippen LogP) is 0.853. The van der Waals surface area contributed by atoms with Gasteiger partial charge in [-0.2, -0.15) is 0 Å². The minimum atomic E-state index is -0.208. The highest BCUT2D eigenvalue weighted by Crippen LogP contribution is 2.46. The van der Waals surface area contributed by atoms with Gasteiger partial charge in [0.15, 0.2) is 0 Å². The molecule has 0 heterocycles. The van der Waals surface area contributed by atoms with Crippen LogP contribution in [0.1, 0.15) is 33.1 Å². The lowest BCUT2D eigenvalue weighted by Crippen LogP contribution is -2.38. The summed E-state index contributed by atoms with van der Waals surface area (Å²) >= 11 is 0. The summed E-state index contributed by atoms with van der Waals surface area (Å²) in [7, 11) is 0. The Morgan fingerprint density at radius 2 is 2.00 bits per heavy atom. The van der Waals surface area contributed by atoms with Crippen molar-refractivity contribution >= 4 is 11.9 Å². The van der Waals surface area contributed by atoms with Crippen LogP contribution in [0, 0.1) is 11.8 Å². The Hall–Kier alpha value is -1.06. The molecular weight excluding hydrogens is 194 g/mol. The summed E-state index contributed by atoms with van der Waals surface area (Å²) in [6.45, 7) is 2.98. The van der Waals surface area contributed by atoms with Gasteiger partial charge in [-0.3, -0.25) is 9.59 Å². The van der Waals surface area contributed by atoms with E-state index in [1.54, 1.807) is 0 Å². The molecule has 0 aromatic rings. The molecule has 1 N–H and O–H groups in total. The van der Waals surface area contributed by atoms with E-state index in [0.717, 1.165) is 19.3 Å². The Bertz CT molecular complexity index is 290. The summed E-state index contributed by atoms with van der Waals surface area (Å²) < 4.78 is 5.32. The van der Waals surface area contributed by atoms with Crippen molar-refractivity contribution in [2.24, 2.45) is 11.8 Å². The number of rotatable bonds is 2. The first-order valence-electron chi connectivity index (χ1n) is 5.52. The van der Waals surface area contributed by atoms with Crippen LogP contribution in [0.3, 0.4) is 0 Å². The van der Waals surface area contributed by atoms with Gasteiger partial charge in [0, 0.05) is 25.8 Å². The van der Waals surface area contributed by atoms with Gasteiger partial charge in [0.05, 0.1) is 0 Å². The molecule has 2 bridgehead atoms. The molecule has 2 aliphatic rings. The molecule has 0 aliphatic heterocycles. The maximum absolute atomic E-state index is 11.0. The number of nitrogens with one attached hydrogen (secondary N) is 1. The summed E-state index contributed by atoms with van der Waals surface area (Å²) in [6.07, 6.45) is 3.19. The monoisotopic (exact) mass is 211 g/mol. The molecule has 2 rings (SSSR count). The minimum Gasteiger partial charge on any atom is -0.462 e. The molecule has 2 fully saturated rings. The van der Waals surface area contributed by atoms with E-state index >= 15 is 0 Å². The molecule has 0 aromatic carbocycles. The van der Waals surface area contributed by atoms with Crippen molar-refractivity contribution in [2.45, 2.75) is 45.3 Å². The average molecular weight is 211 g/mol. The number of hydrogen-bond acceptors (Lipinski definition) is 3. The first kappa shape index (κ1) is 10.5. The van der Waals surface area contributed by atoms with Crippen molar-refractivity contribution in [3.63, 3.8) is 0 Å². The van der Waals surface area contributed by atoms with Gasteiger partial charge in [0.1, 0.15) is 6.10 Å². The van der Waals surface area contributed by atoms with Crippen molar-refractivity contribution in [3.8, 4) is 0 Å². The van der Waals surface area contributed by atoms with E-state index in [9.17, 15) is 9.59 Å². The molecule has 0 aromatic heterocycles. The van der Waals surface area contributed by atoms with Gasteiger partial charge >= 0.3 is 5.97 Å². The number of ether oxygens (including phenoxy) is 1. The van der Waals surface area contributed by atoms with Gasteiger partial charge in [-0.15, -0.1) is 0 Å². The highest BCUT2D eigenvalue weighted by molar-refractivity contribution is 5.73. The van der Waals surface area contributed by atoms with Gasteiger partial charge in [-0.25, -0.2) is 0 Å². The van der Waals surface area contributed by atoms with Crippen LogP contribution in [-0.2, 0) is 14.3 Å². The van der Waals surface area contributed by atoms with Crippen LogP contribution in [0.2, 0.25) is 0 Å². The Kier molecular flexibility index (Phi) is 2.67. The van der Waals surface area contributed by atoms with Gasteiger partial charge in [-0.05, 0) is 25.2 Å². The van der Waals surface area contributed by atoms with E-state index in [1.807, 2.05) is 0 Å². The quantitative estimate of drug-likeness (QED) is 0.689. The molecular formula is C11H17NO3. The smallest absolute Gasteiger partial charge is 0.302 e. The fourth-order valence-electron chi connectivity index (χ4n) is 3.07. The Balaban J connectivity index is 1.99. The van der Waals surface area contributed by atoms with Crippen molar-refractivity contribution in [2.75, 3.05) is 0 Å². The number of carbonyl (C=O) groups is 2. The van der Waals surface area contributed by atoms with Crippen LogP contribution in [0.25, 0.3) is 0 Å². The third-order valence-corrected chi connectivity index (χ3v) is 3.52. The number of amides is 1. The van der Waals surface area contributed by atoms with E-state index in [0.29, 0.717) is 11.8 Å². The molecule has 0 radical (unpaired) electrons. The van der Waals surface area contributed by atoms with Crippen LogP contribution >= 0.6 is 0 Å². The second-order valence-corrected chi connectivity index (χ2v) is 4.62. The molecule has 0 spiro atoms. The topological polar surface area (TPSA) is 55.4 Å². The third-order valence-electron chi connectivity index (χ3n) is 3.52. The van der Waals surface area contributed by atoms with Crippen molar-refractivity contribution in [1.29, 1.82) is 0 Å². The van der Waals surface area contributed by atoms with Crippen molar-refractivity contribution < 1.29 is 14.3 Å². The van der Waals surface area contributed by atoms with Gasteiger partial charge in [0.2, 0.25) is 5.91 Å². The summed E-state index contributed by atoms with van der Waals surface area (Å²) in [5.41, 5.74) is 0. The van der Waals surface area contributed by atoms with Crippen molar-refractivity contribution in [3.05, 3.63) is 0 Å². The summed E-state index contributed by atoms with van der Waals surface area (Å²) in [5.74, 6) is 0.591. The van der Waals surface area contributed by atoms with Crippen LogP contribution in [0.4, 0.5) is 0 Å². The largest absolute Gasteiger partial charge is 0.462 e.